The third kappa shape index (κ3) is 5.03. The molecule has 0 radical (unpaired) electrons. The van der Waals surface area contributed by atoms with Crippen LogP contribution >= 0.6 is 0 Å². The van der Waals surface area contributed by atoms with Crippen molar-refractivity contribution in [1.82, 2.24) is 5.32 Å². The van der Waals surface area contributed by atoms with Crippen molar-refractivity contribution < 1.29 is 28.5 Å². The van der Waals surface area contributed by atoms with E-state index in [0.29, 0.717) is 17.2 Å². The molecule has 0 aliphatic carbocycles. The van der Waals surface area contributed by atoms with Crippen LogP contribution in [0.2, 0.25) is 0 Å². The van der Waals surface area contributed by atoms with Crippen molar-refractivity contribution in [2.45, 2.75) is 19.6 Å². The number of esters is 1. The number of hydrogen-bond acceptors (Lipinski definition) is 6. The van der Waals surface area contributed by atoms with Gasteiger partial charge >= 0.3 is 5.97 Å². The lowest BCUT2D eigenvalue weighted by Gasteiger charge is -2.12. The number of fused-ring (bicyclic) bond motifs is 1. The van der Waals surface area contributed by atoms with Gasteiger partial charge in [-0.3, -0.25) is 4.79 Å². The highest BCUT2D eigenvalue weighted by atomic mass is 16.7. The summed E-state index contributed by atoms with van der Waals surface area (Å²) in [5, 5.41) is 2.73. The normalized spacial score (nSPS) is 13.2. The fourth-order valence-corrected chi connectivity index (χ4v) is 2.56. The number of rotatable bonds is 7. The monoisotopic (exact) mass is 383 g/mol. The number of carbonyl (C=O) groups is 2. The van der Waals surface area contributed by atoms with Gasteiger partial charge in [0.1, 0.15) is 5.75 Å². The van der Waals surface area contributed by atoms with Gasteiger partial charge in [-0.2, -0.15) is 0 Å². The summed E-state index contributed by atoms with van der Waals surface area (Å²) in [6, 6.07) is 12.7. The van der Waals surface area contributed by atoms with Crippen molar-refractivity contribution in [1.29, 1.82) is 0 Å². The molecular formula is C21H21NO6. The molecule has 146 valence electrons. The summed E-state index contributed by atoms with van der Waals surface area (Å²) in [5.41, 5.74) is 1.64. The van der Waals surface area contributed by atoms with Crippen LogP contribution in [0.3, 0.4) is 0 Å². The zero-order valence-corrected chi connectivity index (χ0v) is 15.6. The van der Waals surface area contributed by atoms with Crippen molar-refractivity contribution in [3.05, 3.63) is 59.7 Å². The predicted octanol–water partition coefficient (Wildman–Crippen LogP) is 2.69. The van der Waals surface area contributed by atoms with Gasteiger partial charge in [0, 0.05) is 12.6 Å². The molecule has 1 heterocycles. The average Bonchev–Trinajstić information content (AvgIpc) is 3.18. The van der Waals surface area contributed by atoms with Crippen LogP contribution in [0.15, 0.2) is 48.5 Å². The van der Waals surface area contributed by atoms with Gasteiger partial charge in [0.2, 0.25) is 6.79 Å². The second-order valence-corrected chi connectivity index (χ2v) is 6.09. The van der Waals surface area contributed by atoms with Gasteiger partial charge in [-0.05, 0) is 48.4 Å². The molecule has 1 atom stereocenters. The van der Waals surface area contributed by atoms with Crippen LogP contribution < -0.4 is 19.5 Å². The molecule has 0 spiro atoms. The van der Waals surface area contributed by atoms with Crippen LogP contribution in [0, 0.1) is 0 Å². The smallest absolute Gasteiger partial charge is 0.331 e. The van der Waals surface area contributed by atoms with E-state index >= 15 is 0 Å². The lowest BCUT2D eigenvalue weighted by atomic mass is 10.2. The minimum atomic E-state index is -0.920. The summed E-state index contributed by atoms with van der Waals surface area (Å²) in [5.74, 6) is 1.02. The molecule has 0 saturated carbocycles. The minimum absolute atomic E-state index is 0.196. The highest BCUT2D eigenvalue weighted by Gasteiger charge is 2.17. The summed E-state index contributed by atoms with van der Waals surface area (Å²) < 4.78 is 20.8. The van der Waals surface area contributed by atoms with E-state index in [0.717, 1.165) is 11.1 Å². The number of ether oxygens (including phenoxy) is 4. The SMILES string of the molecule is COc1cccc(/C=C/C(=O)O[C@H](C)C(=O)NCc2ccc3c(c2)OCO3)c1. The predicted molar refractivity (Wildman–Crippen MR) is 102 cm³/mol. The Morgan fingerprint density at radius 2 is 2.00 bits per heavy atom. The molecule has 0 fully saturated rings. The highest BCUT2D eigenvalue weighted by Crippen LogP contribution is 2.32. The van der Waals surface area contributed by atoms with Crippen LogP contribution in [-0.4, -0.2) is 31.9 Å². The van der Waals surface area contributed by atoms with Gasteiger partial charge in [0.15, 0.2) is 17.6 Å². The minimum Gasteiger partial charge on any atom is -0.497 e. The quantitative estimate of drug-likeness (QED) is 0.585. The van der Waals surface area contributed by atoms with E-state index in [1.807, 2.05) is 24.3 Å². The summed E-state index contributed by atoms with van der Waals surface area (Å²) in [7, 11) is 1.57. The number of amides is 1. The maximum atomic E-state index is 12.2. The molecule has 0 bridgehead atoms. The van der Waals surface area contributed by atoms with Gasteiger partial charge in [-0.1, -0.05) is 18.2 Å². The first-order valence-electron chi connectivity index (χ1n) is 8.74. The van der Waals surface area contributed by atoms with E-state index in [-0.39, 0.29) is 19.2 Å². The first kappa shape index (κ1) is 19.3. The molecule has 7 nitrogen and oxygen atoms in total. The van der Waals surface area contributed by atoms with Gasteiger partial charge in [-0.25, -0.2) is 4.79 Å². The molecule has 3 rings (SSSR count). The van der Waals surface area contributed by atoms with Crippen LogP contribution in [0.1, 0.15) is 18.1 Å². The molecule has 2 aromatic rings. The van der Waals surface area contributed by atoms with Gasteiger partial charge in [-0.15, -0.1) is 0 Å². The summed E-state index contributed by atoms with van der Waals surface area (Å²) in [6.45, 7) is 2.00. The largest absolute Gasteiger partial charge is 0.497 e. The Morgan fingerprint density at radius 3 is 2.82 bits per heavy atom. The molecule has 0 unspecified atom stereocenters. The molecule has 1 aliphatic rings. The van der Waals surface area contributed by atoms with Gasteiger partial charge in [0.05, 0.1) is 7.11 Å². The maximum absolute atomic E-state index is 12.2. The van der Waals surface area contributed by atoms with Crippen molar-refractivity contribution in [2.75, 3.05) is 13.9 Å². The summed E-state index contributed by atoms with van der Waals surface area (Å²) >= 11 is 0. The van der Waals surface area contributed by atoms with Crippen LogP contribution in [0.5, 0.6) is 17.2 Å². The van der Waals surface area contributed by atoms with E-state index in [4.69, 9.17) is 18.9 Å². The van der Waals surface area contributed by atoms with E-state index in [9.17, 15) is 9.59 Å². The molecule has 0 saturated heterocycles. The number of carbonyl (C=O) groups excluding carboxylic acids is 2. The standard InChI is InChI=1S/C21H21NO6/c1-14(28-20(23)9-7-15-4-3-5-17(10-15)25-2)21(24)22-12-16-6-8-18-19(11-16)27-13-26-18/h3-11,14H,12-13H2,1-2H3,(H,22,24)/b9-7+/t14-/m1/s1. The fraction of sp³-hybridized carbons (Fsp3) is 0.238. The van der Waals surface area contributed by atoms with Gasteiger partial charge < -0.3 is 24.3 Å². The maximum Gasteiger partial charge on any atom is 0.331 e. The molecule has 1 amide bonds. The summed E-state index contributed by atoms with van der Waals surface area (Å²) in [4.78, 5) is 24.1. The molecule has 0 aromatic heterocycles. The molecule has 1 aliphatic heterocycles. The van der Waals surface area contributed by atoms with E-state index in [2.05, 4.69) is 5.32 Å². The Labute approximate surface area is 162 Å². The Hall–Kier alpha value is -3.48. The van der Waals surface area contributed by atoms with Crippen molar-refractivity contribution >= 4 is 18.0 Å². The lowest BCUT2D eigenvalue weighted by Crippen LogP contribution is -2.35. The third-order valence-electron chi connectivity index (χ3n) is 4.07. The van der Waals surface area contributed by atoms with Crippen molar-refractivity contribution in [3.63, 3.8) is 0 Å². The first-order chi connectivity index (χ1) is 13.5. The van der Waals surface area contributed by atoms with Crippen LogP contribution in [-0.2, 0) is 20.9 Å². The zero-order chi connectivity index (χ0) is 19.9. The zero-order valence-electron chi connectivity index (χ0n) is 15.6. The summed E-state index contributed by atoms with van der Waals surface area (Å²) in [6.07, 6.45) is 1.95. The van der Waals surface area contributed by atoms with Crippen LogP contribution in [0.25, 0.3) is 6.08 Å². The second-order valence-electron chi connectivity index (χ2n) is 6.09. The van der Waals surface area contributed by atoms with Crippen molar-refractivity contribution in [2.24, 2.45) is 0 Å². The lowest BCUT2D eigenvalue weighted by molar-refractivity contribution is -0.150. The van der Waals surface area contributed by atoms with Crippen molar-refractivity contribution in [3.8, 4) is 17.2 Å². The Bertz CT molecular complexity index is 892. The third-order valence-corrected chi connectivity index (χ3v) is 4.07. The highest BCUT2D eigenvalue weighted by molar-refractivity contribution is 5.90. The first-order valence-corrected chi connectivity index (χ1v) is 8.74. The number of benzene rings is 2. The van der Waals surface area contributed by atoms with Gasteiger partial charge in [0.25, 0.3) is 5.91 Å². The molecular weight excluding hydrogens is 362 g/mol. The molecule has 28 heavy (non-hydrogen) atoms. The molecule has 2 aromatic carbocycles. The van der Waals surface area contributed by atoms with Crippen LogP contribution in [0.4, 0.5) is 0 Å². The fourth-order valence-electron chi connectivity index (χ4n) is 2.56. The number of hydrogen-bond donors (Lipinski definition) is 1. The topological polar surface area (TPSA) is 83.1 Å². The number of methoxy groups -OCH3 is 1. The Morgan fingerprint density at radius 1 is 1.18 bits per heavy atom. The second kappa shape index (κ2) is 8.94. The average molecular weight is 383 g/mol. The Balaban J connectivity index is 1.47. The van der Waals surface area contributed by atoms with E-state index in [1.165, 1.54) is 13.0 Å². The molecule has 1 N–H and O–H groups in total. The number of nitrogens with one attached hydrogen (secondary N) is 1. The Kier molecular flexibility index (Phi) is 6.16. The molecule has 7 heteroatoms. The van der Waals surface area contributed by atoms with E-state index in [1.54, 1.807) is 31.4 Å². The van der Waals surface area contributed by atoms with E-state index < -0.39 is 12.1 Å².